The number of alkyl halides is 2. The van der Waals surface area contributed by atoms with Crippen LogP contribution in [0.3, 0.4) is 0 Å². The number of rotatable bonds is 6. The molecule has 0 radical (unpaired) electrons. The molecule has 0 fully saturated rings. The zero-order valence-corrected chi connectivity index (χ0v) is 17.2. The lowest BCUT2D eigenvalue weighted by molar-refractivity contribution is 0.146. The van der Waals surface area contributed by atoms with Gasteiger partial charge in [0.15, 0.2) is 0 Å². The van der Waals surface area contributed by atoms with E-state index in [-0.39, 0.29) is 11.5 Å². The molecule has 0 unspecified atom stereocenters. The molecule has 6 nitrogen and oxygen atoms in total. The molecule has 2 N–H and O–H groups in total. The summed E-state index contributed by atoms with van der Waals surface area (Å²) in [6.07, 6.45) is 2.44. The minimum Gasteiger partial charge on any atom is -0.329 e. The fraction of sp³-hybridized carbons (Fsp3) is 0.261. The van der Waals surface area contributed by atoms with Gasteiger partial charge in [0.2, 0.25) is 0 Å². The number of hydrogen-bond donors (Lipinski definition) is 1. The second kappa shape index (κ2) is 8.23. The van der Waals surface area contributed by atoms with Gasteiger partial charge < -0.3 is 5.73 Å². The molecule has 0 amide bonds. The van der Waals surface area contributed by atoms with E-state index in [0.717, 1.165) is 36.2 Å². The Labute approximate surface area is 182 Å². The van der Waals surface area contributed by atoms with Crippen molar-refractivity contribution in [2.24, 2.45) is 5.73 Å². The van der Waals surface area contributed by atoms with Crippen molar-refractivity contribution in [3.05, 3.63) is 66.0 Å². The number of pyridine rings is 1. The van der Waals surface area contributed by atoms with Crippen molar-refractivity contribution < 1.29 is 13.2 Å². The van der Waals surface area contributed by atoms with Crippen molar-refractivity contribution >= 4 is 0 Å². The van der Waals surface area contributed by atoms with Gasteiger partial charge >= 0.3 is 0 Å². The number of nitrogens with two attached hydrogens (primary N) is 1. The minimum atomic E-state index is -2.67. The van der Waals surface area contributed by atoms with E-state index in [0.29, 0.717) is 35.6 Å². The summed E-state index contributed by atoms with van der Waals surface area (Å²) in [5.74, 6) is -0.371. The summed E-state index contributed by atoms with van der Waals surface area (Å²) in [6.45, 7) is 1.71. The highest BCUT2D eigenvalue weighted by Crippen LogP contribution is 2.39. The molecule has 4 aromatic rings. The van der Waals surface area contributed by atoms with Crippen LogP contribution in [0.15, 0.2) is 48.8 Å². The molecule has 0 atom stereocenters. The minimum absolute atomic E-state index is 0.297. The SMILES string of the molecule is NCCn1cc(-c2cc(-c3c(-c4cccc(C(F)F)n4)nn4c3CCC4)ccc2F)cn1. The monoisotopic (exact) mass is 438 g/mol. The second-order valence-corrected chi connectivity index (χ2v) is 7.72. The van der Waals surface area contributed by atoms with Crippen LogP contribution in [0.5, 0.6) is 0 Å². The second-order valence-electron chi connectivity index (χ2n) is 7.72. The predicted molar refractivity (Wildman–Crippen MR) is 114 cm³/mol. The Balaban J connectivity index is 1.65. The van der Waals surface area contributed by atoms with Gasteiger partial charge in [0, 0.05) is 41.7 Å². The Hall–Kier alpha value is -3.46. The Bertz CT molecular complexity index is 1280. The molecule has 4 heterocycles. The third-order valence-electron chi connectivity index (χ3n) is 5.64. The Morgan fingerprint density at radius 3 is 2.81 bits per heavy atom. The molecule has 1 aromatic carbocycles. The van der Waals surface area contributed by atoms with Crippen molar-refractivity contribution in [1.82, 2.24) is 24.5 Å². The summed E-state index contributed by atoms with van der Waals surface area (Å²) >= 11 is 0. The van der Waals surface area contributed by atoms with Gasteiger partial charge in [-0.05, 0) is 42.7 Å². The quantitative estimate of drug-likeness (QED) is 0.482. The van der Waals surface area contributed by atoms with Crippen LogP contribution in [0.4, 0.5) is 13.2 Å². The van der Waals surface area contributed by atoms with E-state index in [1.54, 1.807) is 41.3 Å². The van der Waals surface area contributed by atoms with E-state index in [1.165, 1.54) is 12.1 Å². The number of halogens is 3. The van der Waals surface area contributed by atoms with Gasteiger partial charge in [-0.15, -0.1) is 0 Å². The number of nitrogens with zero attached hydrogens (tertiary/aromatic N) is 5. The molecule has 0 bridgehead atoms. The third kappa shape index (κ3) is 3.58. The van der Waals surface area contributed by atoms with Crippen molar-refractivity contribution in [2.75, 3.05) is 6.54 Å². The van der Waals surface area contributed by atoms with Gasteiger partial charge in [0.1, 0.15) is 17.2 Å². The average Bonchev–Trinajstić information content (AvgIpc) is 3.51. The number of benzene rings is 1. The Morgan fingerprint density at radius 1 is 1.12 bits per heavy atom. The lowest BCUT2D eigenvalue weighted by atomic mass is 9.96. The van der Waals surface area contributed by atoms with Crippen LogP contribution in [0.2, 0.25) is 0 Å². The van der Waals surface area contributed by atoms with Gasteiger partial charge in [0.05, 0.1) is 18.4 Å². The van der Waals surface area contributed by atoms with Crippen LogP contribution in [-0.4, -0.2) is 31.1 Å². The number of hydrogen-bond acceptors (Lipinski definition) is 4. The molecule has 0 saturated heterocycles. The van der Waals surface area contributed by atoms with Crippen LogP contribution in [0.25, 0.3) is 33.6 Å². The van der Waals surface area contributed by atoms with E-state index < -0.39 is 6.43 Å². The molecular formula is C23H21F3N6. The molecule has 0 aliphatic carbocycles. The summed E-state index contributed by atoms with van der Waals surface area (Å²) in [5, 5.41) is 8.91. The summed E-state index contributed by atoms with van der Waals surface area (Å²) < 4.78 is 44.8. The van der Waals surface area contributed by atoms with Gasteiger partial charge in [-0.25, -0.2) is 18.2 Å². The van der Waals surface area contributed by atoms with Gasteiger partial charge in [0.25, 0.3) is 6.43 Å². The zero-order valence-electron chi connectivity index (χ0n) is 17.2. The van der Waals surface area contributed by atoms with E-state index >= 15 is 0 Å². The predicted octanol–water partition coefficient (Wildman–Crippen LogP) is 4.46. The first-order valence-corrected chi connectivity index (χ1v) is 10.4. The van der Waals surface area contributed by atoms with E-state index in [9.17, 15) is 13.2 Å². The zero-order chi connectivity index (χ0) is 22.2. The van der Waals surface area contributed by atoms with Gasteiger partial charge in [-0.1, -0.05) is 12.1 Å². The maximum Gasteiger partial charge on any atom is 0.280 e. The molecule has 5 rings (SSSR count). The molecule has 9 heteroatoms. The van der Waals surface area contributed by atoms with Crippen molar-refractivity contribution in [1.29, 1.82) is 0 Å². The van der Waals surface area contributed by atoms with Crippen molar-refractivity contribution in [3.8, 4) is 33.6 Å². The van der Waals surface area contributed by atoms with Crippen LogP contribution in [-0.2, 0) is 19.5 Å². The fourth-order valence-corrected chi connectivity index (χ4v) is 4.18. The topological polar surface area (TPSA) is 74.6 Å². The molecule has 0 saturated carbocycles. The highest BCUT2D eigenvalue weighted by molar-refractivity contribution is 5.84. The summed E-state index contributed by atoms with van der Waals surface area (Å²) in [5.41, 5.74) is 9.80. The lowest BCUT2D eigenvalue weighted by Gasteiger charge is -2.09. The first-order valence-electron chi connectivity index (χ1n) is 10.4. The molecular weight excluding hydrogens is 417 g/mol. The van der Waals surface area contributed by atoms with Crippen LogP contribution in [0.1, 0.15) is 24.2 Å². The van der Waals surface area contributed by atoms with Crippen LogP contribution in [0, 0.1) is 5.82 Å². The van der Waals surface area contributed by atoms with Gasteiger partial charge in [-0.3, -0.25) is 9.36 Å². The number of aryl methyl sites for hydroxylation is 1. The van der Waals surface area contributed by atoms with E-state index in [2.05, 4.69) is 15.2 Å². The third-order valence-corrected chi connectivity index (χ3v) is 5.64. The van der Waals surface area contributed by atoms with Crippen molar-refractivity contribution in [2.45, 2.75) is 32.4 Å². The largest absolute Gasteiger partial charge is 0.329 e. The van der Waals surface area contributed by atoms with Crippen LogP contribution >= 0.6 is 0 Å². The molecule has 1 aliphatic heterocycles. The summed E-state index contributed by atoms with van der Waals surface area (Å²) in [6, 6.07) is 9.40. The Morgan fingerprint density at radius 2 is 2.00 bits per heavy atom. The standard InChI is InChI=1S/C23H21F3N6/c24-17-7-6-14(11-16(17)15-12-28-31(13-15)10-8-27)21-20-5-2-9-32(20)30-22(21)18-3-1-4-19(29-18)23(25)26/h1,3-4,6-7,11-13,23H,2,5,8-10,27H2. The van der Waals surface area contributed by atoms with Crippen LogP contribution < -0.4 is 5.73 Å². The first-order chi connectivity index (χ1) is 15.5. The molecule has 164 valence electrons. The van der Waals surface area contributed by atoms with E-state index in [1.807, 2.05) is 4.68 Å². The fourth-order valence-electron chi connectivity index (χ4n) is 4.18. The molecule has 3 aromatic heterocycles. The normalized spacial score (nSPS) is 13.2. The molecule has 32 heavy (non-hydrogen) atoms. The molecule has 0 spiro atoms. The molecule has 1 aliphatic rings. The summed E-state index contributed by atoms with van der Waals surface area (Å²) in [7, 11) is 0. The first kappa shape index (κ1) is 20.4. The summed E-state index contributed by atoms with van der Waals surface area (Å²) in [4.78, 5) is 4.14. The number of aromatic nitrogens is 5. The lowest BCUT2D eigenvalue weighted by Crippen LogP contribution is -2.09. The van der Waals surface area contributed by atoms with Gasteiger partial charge in [-0.2, -0.15) is 10.2 Å². The van der Waals surface area contributed by atoms with E-state index in [4.69, 9.17) is 5.73 Å². The average molecular weight is 438 g/mol. The van der Waals surface area contributed by atoms with Crippen molar-refractivity contribution in [3.63, 3.8) is 0 Å². The number of fused-ring (bicyclic) bond motifs is 1. The smallest absolute Gasteiger partial charge is 0.280 e. The highest BCUT2D eigenvalue weighted by Gasteiger charge is 2.26. The highest BCUT2D eigenvalue weighted by atomic mass is 19.3. The maximum absolute atomic E-state index is 14.8. The Kier molecular flexibility index (Phi) is 5.26. The maximum atomic E-state index is 14.8.